The molecule has 1 heterocycles. The Morgan fingerprint density at radius 1 is 1.15 bits per heavy atom. The number of phenolic OH excluding ortho intramolecular Hbond substituents is 1. The van der Waals surface area contributed by atoms with Crippen LogP contribution in [0.15, 0.2) is 36.4 Å². The van der Waals surface area contributed by atoms with Gasteiger partial charge >= 0.3 is 0 Å². The number of nitrogens with zero attached hydrogens (tertiary/aromatic N) is 2. The molecule has 2 aliphatic carbocycles. The number of fused-ring (bicyclic) bond motifs is 1. The lowest BCUT2D eigenvalue weighted by molar-refractivity contribution is -0.172. The molecule has 5 nitrogen and oxygen atoms in total. The predicted molar refractivity (Wildman–Crippen MR) is 133 cm³/mol. The number of likely N-dealkylation sites (N-methyl/N-ethyl adjacent to an activating group) is 1. The molecule has 4 atom stereocenters. The second kappa shape index (κ2) is 8.15. The molecule has 2 N–H and O–H groups in total. The smallest absolute Gasteiger partial charge is 0.298 e. The van der Waals surface area contributed by atoms with Crippen molar-refractivity contribution in [3.8, 4) is 17.6 Å². The molecule has 1 aliphatic heterocycles. The van der Waals surface area contributed by atoms with Gasteiger partial charge in [0.05, 0.1) is 5.60 Å². The van der Waals surface area contributed by atoms with Gasteiger partial charge in [-0.1, -0.05) is 18.1 Å². The van der Waals surface area contributed by atoms with E-state index in [1.165, 1.54) is 11.1 Å². The number of rotatable bonds is 1. The van der Waals surface area contributed by atoms with Crippen molar-refractivity contribution in [2.24, 2.45) is 0 Å². The highest BCUT2D eigenvalue weighted by molar-refractivity contribution is 5.94. The number of aryl methyl sites for hydroxylation is 2. The minimum absolute atomic E-state index is 0.0146. The highest BCUT2D eigenvalue weighted by Gasteiger charge is 2.64. The van der Waals surface area contributed by atoms with Gasteiger partial charge in [0.25, 0.3) is 5.91 Å². The zero-order chi connectivity index (χ0) is 24.3. The third kappa shape index (κ3) is 3.43. The Bertz CT molecular complexity index is 1210. The van der Waals surface area contributed by atoms with Gasteiger partial charge in [-0.25, -0.2) is 0 Å². The molecule has 1 amide bonds. The van der Waals surface area contributed by atoms with Gasteiger partial charge in [-0.15, -0.1) is 0 Å². The van der Waals surface area contributed by atoms with E-state index in [0.29, 0.717) is 12.8 Å². The first-order valence-electron chi connectivity index (χ1n) is 12.3. The first kappa shape index (κ1) is 23.0. The van der Waals surface area contributed by atoms with Crippen LogP contribution in [-0.4, -0.2) is 64.2 Å². The van der Waals surface area contributed by atoms with Gasteiger partial charge in [-0.2, -0.15) is 0 Å². The van der Waals surface area contributed by atoms with Crippen LogP contribution in [0.3, 0.4) is 0 Å². The van der Waals surface area contributed by atoms with Crippen molar-refractivity contribution in [1.29, 1.82) is 0 Å². The average molecular weight is 459 g/mol. The SMILES string of the molecule is Cc1ccc(C#CC(=O)N(C)[C@@H]2CC[C@]3(O)[C@H]4Cc5ccc(O)cc5[C@@]3(CCN4C)C2)cc1C. The summed E-state index contributed by atoms with van der Waals surface area (Å²) in [4.78, 5) is 17.1. The van der Waals surface area contributed by atoms with Crippen molar-refractivity contribution >= 4 is 5.91 Å². The van der Waals surface area contributed by atoms with E-state index in [9.17, 15) is 15.0 Å². The van der Waals surface area contributed by atoms with Crippen LogP contribution in [0.5, 0.6) is 5.75 Å². The lowest BCUT2D eigenvalue weighted by Crippen LogP contribution is -2.73. The minimum Gasteiger partial charge on any atom is -0.508 e. The van der Waals surface area contributed by atoms with Gasteiger partial charge in [0, 0.05) is 36.0 Å². The maximum absolute atomic E-state index is 13.1. The van der Waals surface area contributed by atoms with Crippen LogP contribution >= 0.6 is 0 Å². The van der Waals surface area contributed by atoms with E-state index in [0.717, 1.165) is 42.5 Å². The summed E-state index contributed by atoms with van der Waals surface area (Å²) in [6.45, 7) is 5.00. The Morgan fingerprint density at radius 2 is 1.94 bits per heavy atom. The van der Waals surface area contributed by atoms with Crippen LogP contribution in [0.4, 0.5) is 0 Å². The zero-order valence-electron chi connectivity index (χ0n) is 20.6. The molecule has 3 aliphatic rings. The summed E-state index contributed by atoms with van der Waals surface area (Å²) in [6.07, 6.45) is 3.64. The van der Waals surface area contributed by atoms with Crippen molar-refractivity contribution < 1.29 is 15.0 Å². The van der Waals surface area contributed by atoms with Crippen molar-refractivity contribution in [3.05, 3.63) is 64.2 Å². The molecule has 2 fully saturated rings. The summed E-state index contributed by atoms with van der Waals surface area (Å²) in [5, 5.41) is 22.5. The van der Waals surface area contributed by atoms with Gasteiger partial charge in [-0.3, -0.25) is 4.79 Å². The van der Waals surface area contributed by atoms with Gasteiger partial charge in [0.2, 0.25) is 0 Å². The summed E-state index contributed by atoms with van der Waals surface area (Å²) in [6, 6.07) is 11.6. The van der Waals surface area contributed by atoms with Crippen LogP contribution in [0.2, 0.25) is 0 Å². The Balaban J connectivity index is 1.45. The number of hydrogen-bond acceptors (Lipinski definition) is 4. The van der Waals surface area contributed by atoms with E-state index in [4.69, 9.17) is 0 Å². The fourth-order valence-corrected chi connectivity index (χ4v) is 6.73. The minimum atomic E-state index is -0.869. The van der Waals surface area contributed by atoms with Crippen molar-refractivity contribution in [2.45, 2.75) is 69.1 Å². The zero-order valence-corrected chi connectivity index (χ0v) is 20.6. The first-order valence-corrected chi connectivity index (χ1v) is 12.3. The summed E-state index contributed by atoms with van der Waals surface area (Å²) in [5.41, 5.74) is 4.12. The number of aliphatic hydroxyl groups is 1. The van der Waals surface area contributed by atoms with Crippen LogP contribution < -0.4 is 0 Å². The largest absolute Gasteiger partial charge is 0.508 e. The summed E-state index contributed by atoms with van der Waals surface area (Å²) >= 11 is 0. The topological polar surface area (TPSA) is 64.0 Å². The van der Waals surface area contributed by atoms with E-state index < -0.39 is 11.0 Å². The number of piperidine rings is 1. The Kier molecular flexibility index (Phi) is 5.50. The number of amides is 1. The van der Waals surface area contributed by atoms with Gasteiger partial charge in [0.1, 0.15) is 5.75 Å². The molecule has 2 aromatic carbocycles. The normalized spacial score (nSPS) is 29.9. The fraction of sp³-hybridized carbons (Fsp3) is 0.483. The average Bonchev–Trinajstić information content (AvgIpc) is 2.81. The molecule has 5 heteroatoms. The second-order valence-electron chi connectivity index (χ2n) is 10.7. The third-order valence-electron chi connectivity index (χ3n) is 8.96. The van der Waals surface area contributed by atoms with Crippen LogP contribution in [0, 0.1) is 25.7 Å². The quantitative estimate of drug-likeness (QED) is 0.644. The standard InChI is InChI=1S/C29H34N2O3/c1-19-5-6-21(15-20(19)2)7-10-27(33)31(4)23-11-12-29(34)26-16-22-8-9-24(32)17-25(22)28(29,18-23)13-14-30(26)3/h5-6,8-9,15,17,23,26,32,34H,11-14,16,18H2,1-4H3/t23-,26-,28-,29+/m1/s1. The first-order chi connectivity index (χ1) is 16.1. The number of benzene rings is 2. The van der Waals surface area contributed by atoms with Crippen LogP contribution in [0.1, 0.15) is 53.5 Å². The number of aromatic hydroxyl groups is 1. The third-order valence-corrected chi connectivity index (χ3v) is 8.96. The Labute approximate surface area is 202 Å². The van der Waals surface area contributed by atoms with Crippen molar-refractivity contribution in [1.82, 2.24) is 9.80 Å². The molecule has 0 radical (unpaired) electrons. The summed E-state index contributed by atoms with van der Waals surface area (Å²) in [7, 11) is 3.93. The number of likely N-dealkylation sites (tertiary alicyclic amines) is 1. The molecule has 1 saturated carbocycles. The molecule has 34 heavy (non-hydrogen) atoms. The van der Waals surface area contributed by atoms with E-state index >= 15 is 0 Å². The molecule has 5 rings (SSSR count). The maximum atomic E-state index is 13.1. The summed E-state index contributed by atoms with van der Waals surface area (Å²) < 4.78 is 0. The number of phenols is 1. The van der Waals surface area contributed by atoms with Gasteiger partial charge in [0.15, 0.2) is 0 Å². The van der Waals surface area contributed by atoms with E-state index in [-0.39, 0.29) is 23.7 Å². The maximum Gasteiger partial charge on any atom is 0.298 e. The van der Waals surface area contributed by atoms with E-state index in [1.807, 2.05) is 44.3 Å². The summed E-state index contributed by atoms with van der Waals surface area (Å²) in [5.74, 6) is 5.92. The van der Waals surface area contributed by atoms with E-state index in [1.54, 1.807) is 11.0 Å². The fourth-order valence-electron chi connectivity index (χ4n) is 6.73. The lowest BCUT2D eigenvalue weighted by Gasteiger charge is -2.64. The van der Waals surface area contributed by atoms with Gasteiger partial charge < -0.3 is 20.0 Å². The molecule has 0 aromatic heterocycles. The Morgan fingerprint density at radius 3 is 2.71 bits per heavy atom. The molecule has 1 saturated heterocycles. The monoisotopic (exact) mass is 458 g/mol. The Hall–Kier alpha value is -2.81. The highest BCUT2D eigenvalue weighted by atomic mass is 16.3. The molecular formula is C29H34N2O3. The lowest BCUT2D eigenvalue weighted by atomic mass is 9.49. The number of carbonyl (C=O) groups is 1. The number of carbonyl (C=O) groups excluding carboxylic acids is 1. The molecule has 0 unspecified atom stereocenters. The molecule has 2 bridgehead atoms. The van der Waals surface area contributed by atoms with Crippen LogP contribution in [-0.2, 0) is 16.6 Å². The van der Waals surface area contributed by atoms with Gasteiger partial charge in [-0.05, 0) is 106 Å². The predicted octanol–water partition coefficient (Wildman–Crippen LogP) is 3.30. The second-order valence-corrected chi connectivity index (χ2v) is 10.7. The van der Waals surface area contributed by atoms with E-state index in [2.05, 4.69) is 30.7 Å². The van der Waals surface area contributed by atoms with Crippen LogP contribution in [0.25, 0.3) is 0 Å². The van der Waals surface area contributed by atoms with Crippen molar-refractivity contribution in [2.75, 3.05) is 20.6 Å². The number of hydrogen-bond donors (Lipinski definition) is 2. The molecule has 2 aromatic rings. The molecule has 0 spiro atoms. The molecule has 178 valence electrons. The highest BCUT2D eigenvalue weighted by Crippen LogP contribution is 2.58. The van der Waals surface area contributed by atoms with Crippen molar-refractivity contribution in [3.63, 3.8) is 0 Å². The molecular weight excluding hydrogens is 424 g/mol.